The number of halogens is 3. The minimum absolute atomic E-state index is 0.443. The summed E-state index contributed by atoms with van der Waals surface area (Å²) in [6.45, 7) is 2.37. The molecule has 1 fully saturated rings. The number of nitrogens with one attached hydrogen (secondary N) is 1. The first-order valence-electron chi connectivity index (χ1n) is 5.02. The lowest BCUT2D eigenvalue weighted by Crippen LogP contribution is -2.42. The topological polar surface area (TPSA) is 32.3 Å². The van der Waals surface area contributed by atoms with Crippen LogP contribution in [-0.4, -0.2) is 35.7 Å². The minimum atomic E-state index is -4.33. The van der Waals surface area contributed by atoms with Crippen LogP contribution in [0.15, 0.2) is 0 Å². The Bertz CT molecular complexity index is 242. The Morgan fingerprint density at radius 2 is 1.93 bits per heavy atom. The van der Waals surface area contributed by atoms with Crippen LogP contribution in [0.1, 0.15) is 26.7 Å². The quantitative estimate of drug-likeness (QED) is 0.787. The first-order chi connectivity index (χ1) is 6.89. The first-order valence-corrected chi connectivity index (χ1v) is 5.02. The second-order valence-corrected chi connectivity index (χ2v) is 3.63. The SMILES string of the molecule is CCC1NC(CC)N(CC(F)(F)F)C1=O. The van der Waals surface area contributed by atoms with E-state index in [1.54, 1.807) is 13.8 Å². The van der Waals surface area contributed by atoms with Crippen molar-refractivity contribution in [2.24, 2.45) is 0 Å². The maximum Gasteiger partial charge on any atom is 0.406 e. The standard InChI is InChI=1S/C9H15F3N2O/c1-3-6-8(15)14(5-9(10,11)12)7(4-2)13-6/h6-7,13H,3-5H2,1-2H3. The fourth-order valence-corrected chi connectivity index (χ4v) is 1.76. The summed E-state index contributed by atoms with van der Waals surface area (Å²) in [5.41, 5.74) is 0. The highest BCUT2D eigenvalue weighted by molar-refractivity contribution is 5.84. The molecule has 6 heteroatoms. The number of carbonyl (C=O) groups excluding carboxylic acids is 1. The molecule has 0 aromatic heterocycles. The number of carbonyl (C=O) groups is 1. The number of hydrogen-bond acceptors (Lipinski definition) is 2. The Balaban J connectivity index is 2.72. The molecule has 0 radical (unpaired) electrons. The third kappa shape index (κ3) is 2.84. The molecule has 0 saturated carbocycles. The van der Waals surface area contributed by atoms with Gasteiger partial charge in [0.2, 0.25) is 5.91 Å². The highest BCUT2D eigenvalue weighted by Gasteiger charge is 2.42. The van der Waals surface area contributed by atoms with E-state index in [0.717, 1.165) is 4.90 Å². The van der Waals surface area contributed by atoms with E-state index in [-0.39, 0.29) is 0 Å². The Morgan fingerprint density at radius 3 is 2.33 bits per heavy atom. The molecular formula is C9H15F3N2O. The zero-order valence-corrected chi connectivity index (χ0v) is 8.77. The summed E-state index contributed by atoms with van der Waals surface area (Å²) in [7, 11) is 0. The summed E-state index contributed by atoms with van der Waals surface area (Å²) in [6, 6.07) is -0.461. The lowest BCUT2D eigenvalue weighted by Gasteiger charge is -2.24. The van der Waals surface area contributed by atoms with Crippen molar-refractivity contribution in [2.45, 2.75) is 45.1 Å². The molecule has 15 heavy (non-hydrogen) atoms. The average molecular weight is 224 g/mol. The summed E-state index contributed by atoms with van der Waals surface area (Å²) in [5.74, 6) is -0.443. The number of nitrogens with zero attached hydrogens (tertiary/aromatic N) is 1. The average Bonchev–Trinajstić information content (AvgIpc) is 2.42. The molecule has 1 heterocycles. The van der Waals surface area contributed by atoms with Crippen LogP contribution in [0.25, 0.3) is 0 Å². The molecule has 1 N–H and O–H groups in total. The van der Waals surface area contributed by atoms with Crippen LogP contribution in [0, 0.1) is 0 Å². The van der Waals surface area contributed by atoms with E-state index < -0.39 is 30.8 Å². The summed E-state index contributed by atoms with van der Waals surface area (Å²) in [4.78, 5) is 12.4. The zero-order chi connectivity index (χ0) is 11.6. The van der Waals surface area contributed by atoms with E-state index in [1.165, 1.54) is 0 Å². The van der Waals surface area contributed by atoms with E-state index in [9.17, 15) is 18.0 Å². The van der Waals surface area contributed by atoms with Gasteiger partial charge in [-0.3, -0.25) is 10.1 Å². The van der Waals surface area contributed by atoms with Crippen molar-refractivity contribution in [3.05, 3.63) is 0 Å². The largest absolute Gasteiger partial charge is 0.406 e. The number of alkyl halides is 3. The fourth-order valence-electron chi connectivity index (χ4n) is 1.76. The molecule has 88 valence electrons. The van der Waals surface area contributed by atoms with Gasteiger partial charge in [-0.15, -0.1) is 0 Å². The monoisotopic (exact) mass is 224 g/mol. The van der Waals surface area contributed by atoms with E-state index in [2.05, 4.69) is 5.32 Å². The Morgan fingerprint density at radius 1 is 1.33 bits per heavy atom. The molecule has 1 aliphatic rings. The van der Waals surface area contributed by atoms with E-state index in [4.69, 9.17) is 0 Å². The zero-order valence-electron chi connectivity index (χ0n) is 8.77. The third-order valence-corrected chi connectivity index (χ3v) is 2.50. The van der Waals surface area contributed by atoms with Crippen LogP contribution < -0.4 is 5.32 Å². The molecule has 3 nitrogen and oxygen atoms in total. The number of amides is 1. The predicted molar refractivity (Wildman–Crippen MR) is 49.1 cm³/mol. The van der Waals surface area contributed by atoms with Gasteiger partial charge in [0.15, 0.2) is 0 Å². The molecule has 1 saturated heterocycles. The van der Waals surface area contributed by atoms with Crippen molar-refractivity contribution < 1.29 is 18.0 Å². The normalized spacial score (nSPS) is 27.5. The molecule has 0 aromatic carbocycles. The first kappa shape index (κ1) is 12.3. The van der Waals surface area contributed by atoms with Gasteiger partial charge in [-0.1, -0.05) is 13.8 Å². The van der Waals surface area contributed by atoms with Gasteiger partial charge in [0.05, 0.1) is 12.2 Å². The van der Waals surface area contributed by atoms with Gasteiger partial charge in [-0.2, -0.15) is 13.2 Å². The highest BCUT2D eigenvalue weighted by atomic mass is 19.4. The van der Waals surface area contributed by atoms with Crippen molar-refractivity contribution in [1.82, 2.24) is 10.2 Å². The number of hydrogen-bond donors (Lipinski definition) is 1. The molecule has 2 unspecified atom stereocenters. The molecule has 1 rings (SSSR count). The minimum Gasteiger partial charge on any atom is -0.317 e. The molecule has 1 amide bonds. The third-order valence-electron chi connectivity index (χ3n) is 2.50. The lowest BCUT2D eigenvalue weighted by molar-refractivity contribution is -0.161. The second kappa shape index (κ2) is 4.38. The molecule has 0 bridgehead atoms. The van der Waals surface area contributed by atoms with Gasteiger partial charge in [0, 0.05) is 0 Å². The van der Waals surface area contributed by atoms with Crippen LogP contribution in [0.5, 0.6) is 0 Å². The van der Waals surface area contributed by atoms with Gasteiger partial charge in [-0.25, -0.2) is 0 Å². The van der Waals surface area contributed by atoms with Gasteiger partial charge in [0.1, 0.15) is 6.54 Å². The van der Waals surface area contributed by atoms with Crippen LogP contribution in [0.2, 0.25) is 0 Å². The van der Waals surface area contributed by atoms with E-state index in [0.29, 0.717) is 12.8 Å². The summed E-state index contributed by atoms with van der Waals surface area (Å²) in [6.07, 6.45) is -3.81. The summed E-state index contributed by atoms with van der Waals surface area (Å²) in [5, 5.41) is 2.89. The number of rotatable bonds is 3. The highest BCUT2D eigenvalue weighted by Crippen LogP contribution is 2.23. The maximum atomic E-state index is 12.2. The second-order valence-electron chi connectivity index (χ2n) is 3.63. The summed E-state index contributed by atoms with van der Waals surface area (Å²) < 4.78 is 36.6. The maximum absolute atomic E-state index is 12.2. The van der Waals surface area contributed by atoms with Crippen LogP contribution >= 0.6 is 0 Å². The van der Waals surface area contributed by atoms with E-state index in [1.807, 2.05) is 0 Å². The van der Waals surface area contributed by atoms with Crippen LogP contribution in [0.3, 0.4) is 0 Å². The van der Waals surface area contributed by atoms with E-state index >= 15 is 0 Å². The lowest BCUT2D eigenvalue weighted by atomic mass is 10.2. The van der Waals surface area contributed by atoms with Crippen molar-refractivity contribution in [3.8, 4) is 0 Å². The Hall–Kier alpha value is -0.780. The van der Waals surface area contributed by atoms with Crippen LogP contribution in [0.4, 0.5) is 13.2 Å². The summed E-state index contributed by atoms with van der Waals surface area (Å²) >= 11 is 0. The molecule has 2 atom stereocenters. The van der Waals surface area contributed by atoms with Crippen molar-refractivity contribution in [1.29, 1.82) is 0 Å². The Kier molecular flexibility index (Phi) is 3.59. The molecular weight excluding hydrogens is 209 g/mol. The van der Waals surface area contributed by atoms with Gasteiger partial charge < -0.3 is 4.90 Å². The van der Waals surface area contributed by atoms with Crippen LogP contribution in [-0.2, 0) is 4.79 Å². The van der Waals surface area contributed by atoms with Gasteiger partial charge in [0.25, 0.3) is 0 Å². The predicted octanol–water partition coefficient (Wildman–Crippen LogP) is 1.50. The van der Waals surface area contributed by atoms with Gasteiger partial charge in [-0.05, 0) is 12.8 Å². The molecule has 0 aliphatic carbocycles. The molecule has 0 spiro atoms. The molecule has 1 aliphatic heterocycles. The fraction of sp³-hybridized carbons (Fsp3) is 0.889. The van der Waals surface area contributed by atoms with Gasteiger partial charge >= 0.3 is 6.18 Å². The smallest absolute Gasteiger partial charge is 0.317 e. The Labute approximate surface area is 86.6 Å². The van der Waals surface area contributed by atoms with Crippen molar-refractivity contribution >= 4 is 5.91 Å². The van der Waals surface area contributed by atoms with Crippen molar-refractivity contribution in [2.75, 3.05) is 6.54 Å². The molecule has 0 aromatic rings. The van der Waals surface area contributed by atoms with Crippen molar-refractivity contribution in [3.63, 3.8) is 0 Å².